The van der Waals surface area contributed by atoms with Gasteiger partial charge in [-0.2, -0.15) is 5.26 Å². The highest BCUT2D eigenvalue weighted by Gasteiger charge is 2.05. The summed E-state index contributed by atoms with van der Waals surface area (Å²) in [6.45, 7) is 0. The van der Waals surface area contributed by atoms with Gasteiger partial charge >= 0.3 is 0 Å². The number of pyridine rings is 1. The molecule has 2 rings (SSSR count). The zero-order valence-electron chi connectivity index (χ0n) is 10.3. The topological polar surface area (TPSA) is 96.0 Å². The van der Waals surface area contributed by atoms with Gasteiger partial charge < -0.3 is 15.5 Å². The lowest BCUT2D eigenvalue weighted by Crippen LogP contribution is -2.09. The van der Waals surface area contributed by atoms with Gasteiger partial charge in [0.1, 0.15) is 17.4 Å². The van der Waals surface area contributed by atoms with E-state index in [0.29, 0.717) is 22.9 Å². The number of nitrogens with two attached hydrogens (primary N) is 1. The summed E-state index contributed by atoms with van der Waals surface area (Å²) in [6, 6.07) is 12.6. The molecule has 0 amide bonds. The monoisotopic (exact) mass is 255 g/mol. The van der Waals surface area contributed by atoms with Crippen molar-refractivity contribution in [3.05, 3.63) is 42.0 Å². The van der Waals surface area contributed by atoms with Crippen molar-refractivity contribution in [2.24, 2.45) is 5.84 Å². The molecule has 0 bridgehead atoms. The van der Waals surface area contributed by atoms with E-state index >= 15 is 0 Å². The van der Waals surface area contributed by atoms with Gasteiger partial charge in [-0.15, -0.1) is 0 Å². The average Bonchev–Trinajstić information content (AvgIpc) is 2.48. The Morgan fingerprint density at radius 2 is 2.05 bits per heavy atom. The van der Waals surface area contributed by atoms with Gasteiger partial charge in [0.15, 0.2) is 0 Å². The largest absolute Gasteiger partial charge is 0.495 e. The van der Waals surface area contributed by atoms with Crippen LogP contribution in [0, 0.1) is 11.3 Å². The molecule has 0 saturated carbocycles. The Balaban J connectivity index is 2.30. The molecule has 1 aromatic carbocycles. The highest BCUT2D eigenvalue weighted by Crippen LogP contribution is 2.28. The van der Waals surface area contributed by atoms with Crippen molar-refractivity contribution in [2.45, 2.75) is 0 Å². The molecule has 6 heteroatoms. The summed E-state index contributed by atoms with van der Waals surface area (Å²) in [5.74, 6) is 7.06. The Morgan fingerprint density at radius 3 is 2.74 bits per heavy atom. The minimum Gasteiger partial charge on any atom is -0.495 e. The molecular formula is C13H13N5O. The maximum atomic E-state index is 8.85. The maximum Gasteiger partial charge on any atom is 0.143 e. The van der Waals surface area contributed by atoms with Crippen molar-refractivity contribution in [1.82, 2.24) is 4.98 Å². The van der Waals surface area contributed by atoms with E-state index in [4.69, 9.17) is 15.8 Å². The molecule has 0 aliphatic rings. The van der Waals surface area contributed by atoms with Crippen LogP contribution in [0.1, 0.15) is 5.56 Å². The second-order valence-electron chi connectivity index (χ2n) is 3.70. The van der Waals surface area contributed by atoms with E-state index in [0.717, 1.165) is 5.69 Å². The molecule has 1 aromatic heterocycles. The van der Waals surface area contributed by atoms with Crippen LogP contribution < -0.4 is 21.3 Å². The minimum atomic E-state index is 0.535. The van der Waals surface area contributed by atoms with Crippen LogP contribution in [0.3, 0.4) is 0 Å². The normalized spacial score (nSPS) is 9.53. The highest BCUT2D eigenvalue weighted by molar-refractivity contribution is 5.66. The Bertz CT molecular complexity index is 621. The first-order valence-electron chi connectivity index (χ1n) is 5.55. The highest BCUT2D eigenvalue weighted by atomic mass is 16.5. The third-order valence-electron chi connectivity index (χ3n) is 2.49. The molecule has 4 N–H and O–H groups in total. The van der Waals surface area contributed by atoms with Gasteiger partial charge in [0, 0.05) is 6.07 Å². The number of hydrogen-bond acceptors (Lipinski definition) is 6. The number of aromatic nitrogens is 1. The number of benzene rings is 1. The van der Waals surface area contributed by atoms with Gasteiger partial charge in [-0.25, -0.2) is 10.8 Å². The van der Waals surface area contributed by atoms with Gasteiger partial charge in [0.25, 0.3) is 0 Å². The molecule has 1 heterocycles. The Morgan fingerprint density at radius 1 is 1.26 bits per heavy atom. The number of nitrogens with zero attached hydrogens (tertiary/aromatic N) is 2. The summed E-state index contributed by atoms with van der Waals surface area (Å²) < 4.78 is 5.23. The number of hydrogen-bond donors (Lipinski definition) is 3. The van der Waals surface area contributed by atoms with E-state index in [1.54, 1.807) is 37.4 Å². The Hall–Kier alpha value is -2.78. The predicted molar refractivity (Wildman–Crippen MR) is 73.0 cm³/mol. The standard InChI is InChI=1S/C13H13N5O/c1-19-11-7-9(8-14)5-6-10(11)16-12-3-2-4-13(17-12)18-15/h2-7H,15H2,1H3,(H2,16,17,18). The van der Waals surface area contributed by atoms with E-state index in [-0.39, 0.29) is 0 Å². The third kappa shape index (κ3) is 2.91. The molecule has 0 aliphatic carbocycles. The van der Waals surface area contributed by atoms with Crippen molar-refractivity contribution in [3.8, 4) is 11.8 Å². The van der Waals surface area contributed by atoms with E-state index in [9.17, 15) is 0 Å². The molecule has 96 valence electrons. The van der Waals surface area contributed by atoms with Gasteiger partial charge in [-0.05, 0) is 24.3 Å². The van der Waals surface area contributed by atoms with Crippen LogP contribution in [0.4, 0.5) is 17.3 Å². The molecule has 6 nitrogen and oxygen atoms in total. The second kappa shape index (κ2) is 5.71. The van der Waals surface area contributed by atoms with Crippen LogP contribution in [0.2, 0.25) is 0 Å². The van der Waals surface area contributed by atoms with E-state index < -0.39 is 0 Å². The zero-order valence-corrected chi connectivity index (χ0v) is 10.3. The number of rotatable bonds is 4. The number of nitrogens with one attached hydrogen (secondary N) is 2. The maximum absolute atomic E-state index is 8.85. The fourth-order valence-corrected chi connectivity index (χ4v) is 1.59. The molecule has 19 heavy (non-hydrogen) atoms. The first-order chi connectivity index (χ1) is 9.26. The Labute approximate surface area is 110 Å². The number of ether oxygens (including phenoxy) is 1. The lowest BCUT2D eigenvalue weighted by molar-refractivity contribution is 0.416. The van der Waals surface area contributed by atoms with Crippen LogP contribution in [-0.2, 0) is 0 Å². The number of nitriles is 1. The lowest BCUT2D eigenvalue weighted by Gasteiger charge is -2.11. The average molecular weight is 255 g/mol. The fraction of sp³-hybridized carbons (Fsp3) is 0.0769. The number of methoxy groups -OCH3 is 1. The molecule has 2 aromatic rings. The summed E-state index contributed by atoms with van der Waals surface area (Å²) in [4.78, 5) is 4.24. The summed E-state index contributed by atoms with van der Waals surface area (Å²) in [6.07, 6.45) is 0. The molecule has 0 spiro atoms. The first kappa shape index (κ1) is 12.7. The summed E-state index contributed by atoms with van der Waals surface area (Å²) in [7, 11) is 1.55. The molecule has 0 aliphatic heterocycles. The van der Waals surface area contributed by atoms with Crippen molar-refractivity contribution in [2.75, 3.05) is 17.9 Å². The summed E-state index contributed by atoms with van der Waals surface area (Å²) in [5, 5.41) is 12.0. The second-order valence-corrected chi connectivity index (χ2v) is 3.70. The first-order valence-corrected chi connectivity index (χ1v) is 5.55. The van der Waals surface area contributed by atoms with Crippen molar-refractivity contribution >= 4 is 17.3 Å². The van der Waals surface area contributed by atoms with Crippen LogP contribution in [0.5, 0.6) is 5.75 Å². The van der Waals surface area contributed by atoms with Gasteiger partial charge in [-0.1, -0.05) is 6.07 Å². The van der Waals surface area contributed by atoms with Gasteiger partial charge in [-0.3, -0.25) is 0 Å². The number of nitrogen functional groups attached to an aromatic ring is 1. The Kier molecular flexibility index (Phi) is 3.81. The summed E-state index contributed by atoms with van der Waals surface area (Å²) >= 11 is 0. The van der Waals surface area contributed by atoms with Crippen LogP contribution in [0.25, 0.3) is 0 Å². The van der Waals surface area contributed by atoms with Gasteiger partial charge in [0.05, 0.1) is 24.4 Å². The van der Waals surface area contributed by atoms with E-state index in [1.165, 1.54) is 0 Å². The molecular weight excluding hydrogens is 242 g/mol. The quantitative estimate of drug-likeness (QED) is 0.571. The van der Waals surface area contributed by atoms with Crippen LogP contribution in [-0.4, -0.2) is 12.1 Å². The van der Waals surface area contributed by atoms with Crippen LogP contribution >= 0.6 is 0 Å². The number of hydrazine groups is 1. The smallest absolute Gasteiger partial charge is 0.143 e. The van der Waals surface area contributed by atoms with Gasteiger partial charge in [0.2, 0.25) is 0 Å². The molecule has 0 radical (unpaired) electrons. The predicted octanol–water partition coefficient (Wildman–Crippen LogP) is 1.99. The van der Waals surface area contributed by atoms with Crippen molar-refractivity contribution < 1.29 is 4.74 Å². The van der Waals surface area contributed by atoms with Crippen molar-refractivity contribution in [1.29, 1.82) is 5.26 Å². The summed E-state index contributed by atoms with van der Waals surface area (Å²) in [5.41, 5.74) is 3.73. The molecule has 0 fully saturated rings. The zero-order chi connectivity index (χ0) is 13.7. The molecule has 0 unspecified atom stereocenters. The molecule has 0 atom stereocenters. The third-order valence-corrected chi connectivity index (χ3v) is 2.49. The van der Waals surface area contributed by atoms with E-state index in [2.05, 4.69) is 21.8 Å². The lowest BCUT2D eigenvalue weighted by atomic mass is 10.2. The minimum absolute atomic E-state index is 0.535. The SMILES string of the molecule is COc1cc(C#N)ccc1Nc1cccc(NN)n1. The van der Waals surface area contributed by atoms with E-state index in [1.807, 2.05) is 6.07 Å². The van der Waals surface area contributed by atoms with Crippen molar-refractivity contribution in [3.63, 3.8) is 0 Å². The number of anilines is 3. The van der Waals surface area contributed by atoms with Crippen LogP contribution in [0.15, 0.2) is 36.4 Å². The fourth-order valence-electron chi connectivity index (χ4n) is 1.59. The molecule has 0 saturated heterocycles.